The first-order chi connectivity index (χ1) is 10.0. The molecule has 0 saturated carbocycles. The van der Waals surface area contributed by atoms with E-state index in [1.54, 1.807) is 17.9 Å². The number of fused-ring (bicyclic) bond motifs is 1. The molecule has 5 nitrogen and oxygen atoms in total. The first kappa shape index (κ1) is 14.1. The van der Waals surface area contributed by atoms with Gasteiger partial charge in [-0.3, -0.25) is 4.79 Å². The van der Waals surface area contributed by atoms with Gasteiger partial charge in [0.05, 0.1) is 6.10 Å². The Kier molecular flexibility index (Phi) is 3.68. The fraction of sp³-hybridized carbons (Fsp3) is 0.500. The van der Waals surface area contributed by atoms with Gasteiger partial charge in [-0.05, 0) is 38.8 Å². The average molecular weight is 288 g/mol. The number of aliphatic hydroxyl groups is 1. The molecule has 0 aliphatic carbocycles. The van der Waals surface area contributed by atoms with Crippen LogP contribution in [0.15, 0.2) is 22.6 Å². The summed E-state index contributed by atoms with van der Waals surface area (Å²) in [5, 5.41) is 9.72. The molecule has 5 heteroatoms. The van der Waals surface area contributed by atoms with Crippen LogP contribution >= 0.6 is 0 Å². The lowest BCUT2D eigenvalue weighted by Crippen LogP contribution is -2.42. The first-order valence-corrected chi connectivity index (χ1v) is 7.39. The molecule has 1 aliphatic rings. The zero-order chi connectivity index (χ0) is 15.0. The summed E-state index contributed by atoms with van der Waals surface area (Å²) in [6.07, 6.45) is 1.49. The number of hydrogen-bond donors (Lipinski definition) is 1. The van der Waals surface area contributed by atoms with Crippen LogP contribution < -0.4 is 0 Å². The largest absolute Gasteiger partial charge is 0.449 e. The van der Waals surface area contributed by atoms with Crippen LogP contribution in [-0.4, -0.2) is 40.1 Å². The molecule has 3 heterocycles. The van der Waals surface area contributed by atoms with Crippen molar-refractivity contribution in [3.05, 3.63) is 29.7 Å². The molecule has 3 rings (SSSR count). The minimum absolute atomic E-state index is 0.115. The Labute approximate surface area is 123 Å². The van der Waals surface area contributed by atoms with Gasteiger partial charge in [0, 0.05) is 30.8 Å². The normalized spacial score (nSPS) is 20.7. The number of rotatable bonds is 2. The molecule has 1 fully saturated rings. The van der Waals surface area contributed by atoms with Crippen LogP contribution in [0.5, 0.6) is 0 Å². The van der Waals surface area contributed by atoms with Crippen LogP contribution in [0.25, 0.3) is 11.1 Å². The summed E-state index contributed by atoms with van der Waals surface area (Å²) < 4.78 is 5.62. The van der Waals surface area contributed by atoms with Crippen LogP contribution in [0.3, 0.4) is 0 Å². The molecular weight excluding hydrogens is 268 g/mol. The number of carbonyl (C=O) groups is 1. The van der Waals surface area contributed by atoms with E-state index in [2.05, 4.69) is 4.98 Å². The number of aryl methyl sites for hydroxylation is 1. The topological polar surface area (TPSA) is 66.6 Å². The zero-order valence-corrected chi connectivity index (χ0v) is 12.4. The second-order valence-corrected chi connectivity index (χ2v) is 5.84. The van der Waals surface area contributed by atoms with Gasteiger partial charge < -0.3 is 14.4 Å². The van der Waals surface area contributed by atoms with Crippen molar-refractivity contribution in [1.82, 2.24) is 9.88 Å². The van der Waals surface area contributed by atoms with E-state index in [-0.39, 0.29) is 17.9 Å². The van der Waals surface area contributed by atoms with Crippen molar-refractivity contribution in [2.75, 3.05) is 13.1 Å². The highest BCUT2D eigenvalue weighted by Gasteiger charge is 2.28. The predicted octanol–water partition coefficient (Wildman–Crippen LogP) is 2.37. The molecule has 112 valence electrons. The van der Waals surface area contributed by atoms with E-state index in [9.17, 15) is 9.90 Å². The lowest BCUT2D eigenvalue weighted by atomic mass is 9.93. The molecule has 0 spiro atoms. The molecular formula is C16H20N2O3. The highest BCUT2D eigenvalue weighted by Crippen LogP contribution is 2.24. The first-order valence-electron chi connectivity index (χ1n) is 7.39. The third-order valence-electron chi connectivity index (χ3n) is 4.15. The predicted molar refractivity (Wildman–Crippen MR) is 79.1 cm³/mol. The Morgan fingerprint density at radius 1 is 1.52 bits per heavy atom. The van der Waals surface area contributed by atoms with Crippen molar-refractivity contribution >= 4 is 17.0 Å². The maximum atomic E-state index is 12.5. The highest BCUT2D eigenvalue weighted by molar-refractivity contribution is 5.95. The lowest BCUT2D eigenvalue weighted by molar-refractivity contribution is 0.0444. The van der Waals surface area contributed by atoms with Gasteiger partial charge in [-0.2, -0.15) is 0 Å². The smallest absolute Gasteiger partial charge is 0.289 e. The maximum absolute atomic E-state index is 12.5. The number of nitrogens with zero attached hydrogens (tertiary/aromatic N) is 2. The van der Waals surface area contributed by atoms with Crippen molar-refractivity contribution in [3.63, 3.8) is 0 Å². The summed E-state index contributed by atoms with van der Waals surface area (Å²) in [6.45, 7) is 4.99. The molecule has 0 bridgehead atoms. The quantitative estimate of drug-likeness (QED) is 0.921. The standard InChI is InChI=1S/C16H20N2O3/c1-10-5-6-14-13(17-10)8-15(21-14)16(20)18-7-3-4-12(9-18)11(2)19/h5-6,8,11-12,19H,3-4,7,9H2,1-2H3. The number of carbonyl (C=O) groups excluding carboxylic acids is 1. The molecule has 21 heavy (non-hydrogen) atoms. The van der Waals surface area contributed by atoms with Crippen molar-refractivity contribution in [3.8, 4) is 0 Å². The summed E-state index contributed by atoms with van der Waals surface area (Å²) in [5.74, 6) is 0.359. The van der Waals surface area contributed by atoms with Gasteiger partial charge in [-0.1, -0.05) is 0 Å². The number of aromatic nitrogens is 1. The van der Waals surface area contributed by atoms with E-state index in [0.29, 0.717) is 29.9 Å². The van der Waals surface area contributed by atoms with Crippen molar-refractivity contribution in [2.24, 2.45) is 5.92 Å². The minimum atomic E-state index is -0.388. The summed E-state index contributed by atoms with van der Waals surface area (Å²) in [4.78, 5) is 18.7. The lowest BCUT2D eigenvalue weighted by Gasteiger charge is -2.33. The van der Waals surface area contributed by atoms with Gasteiger partial charge in [-0.15, -0.1) is 0 Å². The summed E-state index contributed by atoms with van der Waals surface area (Å²) in [5.41, 5.74) is 2.24. The summed E-state index contributed by atoms with van der Waals surface area (Å²) in [6, 6.07) is 5.41. The Balaban J connectivity index is 1.82. The number of amides is 1. The van der Waals surface area contributed by atoms with E-state index < -0.39 is 0 Å². The molecule has 1 N–H and O–H groups in total. The zero-order valence-electron chi connectivity index (χ0n) is 12.4. The fourth-order valence-corrected chi connectivity index (χ4v) is 2.88. The Morgan fingerprint density at radius 3 is 3.10 bits per heavy atom. The van der Waals surface area contributed by atoms with Crippen LogP contribution in [0.4, 0.5) is 0 Å². The van der Waals surface area contributed by atoms with Gasteiger partial charge in [0.2, 0.25) is 0 Å². The number of pyridine rings is 1. The fourth-order valence-electron chi connectivity index (χ4n) is 2.88. The van der Waals surface area contributed by atoms with E-state index in [1.165, 1.54) is 0 Å². The minimum Gasteiger partial charge on any atom is -0.449 e. The van der Waals surface area contributed by atoms with Gasteiger partial charge >= 0.3 is 0 Å². The van der Waals surface area contributed by atoms with Crippen molar-refractivity contribution in [2.45, 2.75) is 32.8 Å². The molecule has 2 aromatic rings. The summed E-state index contributed by atoms with van der Waals surface area (Å²) >= 11 is 0. The second-order valence-electron chi connectivity index (χ2n) is 5.84. The molecule has 0 aromatic carbocycles. The molecule has 2 atom stereocenters. The van der Waals surface area contributed by atoms with Crippen LogP contribution in [0, 0.1) is 12.8 Å². The molecule has 1 saturated heterocycles. The van der Waals surface area contributed by atoms with E-state index in [0.717, 1.165) is 18.5 Å². The SMILES string of the molecule is Cc1ccc2oc(C(=O)N3CCCC(C(C)O)C3)cc2n1. The molecule has 2 aromatic heterocycles. The van der Waals surface area contributed by atoms with E-state index in [4.69, 9.17) is 4.42 Å². The molecule has 1 aliphatic heterocycles. The van der Waals surface area contributed by atoms with Gasteiger partial charge in [0.15, 0.2) is 11.3 Å². The van der Waals surface area contributed by atoms with Crippen molar-refractivity contribution < 1.29 is 14.3 Å². The second kappa shape index (κ2) is 5.48. The Morgan fingerprint density at radius 2 is 2.33 bits per heavy atom. The highest BCUT2D eigenvalue weighted by atomic mass is 16.3. The molecule has 0 radical (unpaired) electrons. The van der Waals surface area contributed by atoms with Crippen LogP contribution in [0.1, 0.15) is 36.0 Å². The van der Waals surface area contributed by atoms with E-state index >= 15 is 0 Å². The third kappa shape index (κ3) is 2.78. The molecule has 1 amide bonds. The Bertz CT molecular complexity index is 663. The monoisotopic (exact) mass is 288 g/mol. The maximum Gasteiger partial charge on any atom is 0.289 e. The average Bonchev–Trinajstić information content (AvgIpc) is 2.89. The van der Waals surface area contributed by atoms with Gasteiger partial charge in [0.1, 0.15) is 5.52 Å². The van der Waals surface area contributed by atoms with E-state index in [1.807, 2.05) is 19.1 Å². The number of furan rings is 1. The number of hydrogen-bond acceptors (Lipinski definition) is 4. The molecule has 2 unspecified atom stereocenters. The number of aliphatic hydroxyl groups excluding tert-OH is 1. The third-order valence-corrected chi connectivity index (χ3v) is 4.15. The van der Waals surface area contributed by atoms with Crippen LogP contribution in [0.2, 0.25) is 0 Å². The van der Waals surface area contributed by atoms with Crippen molar-refractivity contribution in [1.29, 1.82) is 0 Å². The van der Waals surface area contributed by atoms with Gasteiger partial charge in [-0.25, -0.2) is 4.98 Å². The van der Waals surface area contributed by atoms with Crippen LogP contribution in [-0.2, 0) is 0 Å². The number of likely N-dealkylation sites (tertiary alicyclic amines) is 1. The summed E-state index contributed by atoms with van der Waals surface area (Å²) in [7, 11) is 0. The Hall–Kier alpha value is -1.88. The number of piperidine rings is 1. The van der Waals surface area contributed by atoms with Gasteiger partial charge in [0.25, 0.3) is 5.91 Å².